The molecule has 0 bridgehead atoms. The van der Waals surface area contributed by atoms with E-state index in [0.29, 0.717) is 0 Å². The van der Waals surface area contributed by atoms with Gasteiger partial charge in [-0.05, 0) is 46.2 Å². The molecule has 1 fully saturated rings. The third kappa shape index (κ3) is 3.70. The smallest absolute Gasteiger partial charge is 0.0694 e. The number of pyridine rings is 1. The molecule has 0 aromatic carbocycles. The second-order valence-electron chi connectivity index (χ2n) is 7.12. The Morgan fingerprint density at radius 2 is 2.15 bits per heavy atom. The van der Waals surface area contributed by atoms with E-state index in [1.807, 2.05) is 12.4 Å². The molecule has 4 nitrogen and oxygen atoms in total. The monoisotopic (exact) mass is 277 g/mol. The van der Waals surface area contributed by atoms with E-state index in [4.69, 9.17) is 4.74 Å². The van der Waals surface area contributed by atoms with Gasteiger partial charge in [0, 0.05) is 24.8 Å². The van der Waals surface area contributed by atoms with Gasteiger partial charge in [0.2, 0.25) is 0 Å². The highest BCUT2D eigenvalue weighted by Gasteiger charge is 2.32. The minimum absolute atomic E-state index is 0.0117. The summed E-state index contributed by atoms with van der Waals surface area (Å²) in [6.07, 6.45) is 3.85. The number of anilines is 1. The van der Waals surface area contributed by atoms with Crippen LogP contribution in [-0.4, -0.2) is 35.8 Å². The van der Waals surface area contributed by atoms with Gasteiger partial charge in [-0.1, -0.05) is 0 Å². The number of hydrogen-bond acceptors (Lipinski definition) is 4. The quantitative estimate of drug-likeness (QED) is 0.921. The third-order valence-electron chi connectivity index (χ3n) is 3.63. The second kappa shape index (κ2) is 5.70. The Hall–Kier alpha value is -1.13. The fraction of sp³-hybridized carbons (Fsp3) is 0.688. The molecule has 4 heteroatoms. The fourth-order valence-corrected chi connectivity index (χ4v) is 2.47. The van der Waals surface area contributed by atoms with Gasteiger partial charge < -0.3 is 15.0 Å². The Balaban J connectivity index is 2.23. The lowest BCUT2D eigenvalue weighted by Crippen LogP contribution is -2.53. The number of hydrogen-bond donors (Lipinski definition) is 1. The van der Waals surface area contributed by atoms with E-state index in [1.54, 1.807) is 0 Å². The highest BCUT2D eigenvalue weighted by Crippen LogP contribution is 2.29. The summed E-state index contributed by atoms with van der Waals surface area (Å²) in [6, 6.07) is 2.11. The number of nitrogens with zero attached hydrogens (tertiary/aromatic N) is 2. The maximum absolute atomic E-state index is 5.61. The molecule has 0 amide bonds. The molecular formula is C16H27N3O. The van der Waals surface area contributed by atoms with Gasteiger partial charge in [0.25, 0.3) is 0 Å². The number of morpholine rings is 1. The summed E-state index contributed by atoms with van der Waals surface area (Å²) >= 11 is 0. The van der Waals surface area contributed by atoms with E-state index in [0.717, 1.165) is 26.3 Å². The predicted molar refractivity (Wildman–Crippen MR) is 83.1 cm³/mol. The summed E-state index contributed by atoms with van der Waals surface area (Å²) < 4.78 is 5.61. The van der Waals surface area contributed by atoms with Crippen LogP contribution in [0.4, 0.5) is 5.69 Å². The SMILES string of the molecule is CC(C)(C)NCc1ccncc1N1CCOCC1(C)C. The lowest BCUT2D eigenvalue weighted by Gasteiger charge is -2.44. The molecule has 1 aliphatic rings. The van der Waals surface area contributed by atoms with E-state index in [2.05, 4.69) is 55.9 Å². The van der Waals surface area contributed by atoms with Crippen molar-refractivity contribution >= 4 is 5.69 Å². The molecule has 0 saturated carbocycles. The molecule has 0 unspecified atom stereocenters. The fourth-order valence-electron chi connectivity index (χ4n) is 2.47. The molecule has 2 rings (SSSR count). The normalized spacial score (nSPS) is 19.1. The minimum Gasteiger partial charge on any atom is -0.377 e. The van der Waals surface area contributed by atoms with Crippen LogP contribution in [0.5, 0.6) is 0 Å². The molecule has 0 spiro atoms. The zero-order valence-corrected chi connectivity index (χ0v) is 13.4. The second-order valence-corrected chi connectivity index (χ2v) is 7.12. The van der Waals surface area contributed by atoms with Gasteiger partial charge in [0.15, 0.2) is 0 Å². The first kappa shape index (κ1) is 15.3. The van der Waals surface area contributed by atoms with E-state index < -0.39 is 0 Å². The van der Waals surface area contributed by atoms with Crippen molar-refractivity contribution in [2.45, 2.75) is 52.2 Å². The summed E-state index contributed by atoms with van der Waals surface area (Å²) in [5.74, 6) is 0. The summed E-state index contributed by atoms with van der Waals surface area (Å²) in [6.45, 7) is 14.3. The first-order chi connectivity index (χ1) is 9.30. The molecule has 1 saturated heterocycles. The topological polar surface area (TPSA) is 37.4 Å². The summed E-state index contributed by atoms with van der Waals surface area (Å²) in [5, 5.41) is 3.56. The maximum atomic E-state index is 5.61. The highest BCUT2D eigenvalue weighted by molar-refractivity contribution is 5.54. The lowest BCUT2D eigenvalue weighted by atomic mass is 10.00. The molecular weight excluding hydrogens is 250 g/mol. The summed E-state index contributed by atoms with van der Waals surface area (Å²) in [4.78, 5) is 6.74. The Bertz CT molecular complexity index is 451. The molecule has 2 heterocycles. The molecule has 0 radical (unpaired) electrons. The third-order valence-corrected chi connectivity index (χ3v) is 3.63. The van der Waals surface area contributed by atoms with Crippen LogP contribution in [0.25, 0.3) is 0 Å². The van der Waals surface area contributed by atoms with Crippen LogP contribution in [0.3, 0.4) is 0 Å². The van der Waals surface area contributed by atoms with Crippen molar-refractivity contribution in [1.82, 2.24) is 10.3 Å². The molecule has 1 aromatic rings. The molecule has 1 N–H and O–H groups in total. The lowest BCUT2D eigenvalue weighted by molar-refractivity contribution is 0.0642. The van der Waals surface area contributed by atoms with Gasteiger partial charge in [-0.3, -0.25) is 4.98 Å². The Kier molecular flexibility index (Phi) is 4.35. The molecule has 0 aliphatic carbocycles. The number of rotatable bonds is 3. The van der Waals surface area contributed by atoms with Crippen molar-refractivity contribution in [3.63, 3.8) is 0 Å². The van der Waals surface area contributed by atoms with Crippen LogP contribution in [0.15, 0.2) is 18.5 Å². The molecule has 1 aromatic heterocycles. The van der Waals surface area contributed by atoms with Crippen molar-refractivity contribution in [2.75, 3.05) is 24.7 Å². The Labute approximate surface area is 122 Å². The van der Waals surface area contributed by atoms with Crippen LogP contribution in [0, 0.1) is 0 Å². The summed E-state index contributed by atoms with van der Waals surface area (Å²) in [7, 11) is 0. The molecule has 112 valence electrons. The van der Waals surface area contributed by atoms with Gasteiger partial charge in [0.05, 0.1) is 30.6 Å². The minimum atomic E-state index is 0.0117. The molecule has 0 atom stereocenters. The van der Waals surface area contributed by atoms with Crippen LogP contribution in [0.2, 0.25) is 0 Å². The van der Waals surface area contributed by atoms with Crippen molar-refractivity contribution < 1.29 is 4.74 Å². The van der Waals surface area contributed by atoms with E-state index in [9.17, 15) is 0 Å². The first-order valence-corrected chi connectivity index (χ1v) is 7.33. The zero-order valence-electron chi connectivity index (χ0n) is 13.4. The van der Waals surface area contributed by atoms with Crippen LogP contribution >= 0.6 is 0 Å². The predicted octanol–water partition coefficient (Wildman–Crippen LogP) is 2.58. The van der Waals surface area contributed by atoms with Gasteiger partial charge in [-0.15, -0.1) is 0 Å². The van der Waals surface area contributed by atoms with Crippen molar-refractivity contribution in [1.29, 1.82) is 0 Å². The molecule has 20 heavy (non-hydrogen) atoms. The average Bonchev–Trinajstić information content (AvgIpc) is 2.35. The Morgan fingerprint density at radius 3 is 2.80 bits per heavy atom. The van der Waals surface area contributed by atoms with E-state index >= 15 is 0 Å². The molecule has 1 aliphatic heterocycles. The van der Waals surface area contributed by atoms with E-state index in [-0.39, 0.29) is 11.1 Å². The van der Waals surface area contributed by atoms with Gasteiger partial charge in [-0.25, -0.2) is 0 Å². The van der Waals surface area contributed by atoms with Crippen molar-refractivity contribution in [2.24, 2.45) is 0 Å². The number of ether oxygens (including phenoxy) is 1. The van der Waals surface area contributed by atoms with Crippen molar-refractivity contribution in [3.8, 4) is 0 Å². The standard InChI is InChI=1S/C16H27N3O/c1-15(2,3)18-10-13-6-7-17-11-14(13)19-8-9-20-12-16(19,4)5/h6-7,11,18H,8-10,12H2,1-5H3. The van der Waals surface area contributed by atoms with Crippen LogP contribution in [0.1, 0.15) is 40.2 Å². The number of nitrogens with one attached hydrogen (secondary N) is 1. The van der Waals surface area contributed by atoms with Crippen LogP contribution in [-0.2, 0) is 11.3 Å². The van der Waals surface area contributed by atoms with E-state index in [1.165, 1.54) is 11.3 Å². The maximum Gasteiger partial charge on any atom is 0.0694 e. The van der Waals surface area contributed by atoms with Crippen molar-refractivity contribution in [3.05, 3.63) is 24.0 Å². The largest absolute Gasteiger partial charge is 0.377 e. The van der Waals surface area contributed by atoms with Crippen LogP contribution < -0.4 is 10.2 Å². The first-order valence-electron chi connectivity index (χ1n) is 7.33. The van der Waals surface area contributed by atoms with Gasteiger partial charge in [0.1, 0.15) is 0 Å². The van der Waals surface area contributed by atoms with Gasteiger partial charge in [-0.2, -0.15) is 0 Å². The average molecular weight is 277 g/mol. The highest BCUT2D eigenvalue weighted by atomic mass is 16.5. The number of aromatic nitrogens is 1. The zero-order chi connectivity index (χ0) is 14.8. The van der Waals surface area contributed by atoms with Gasteiger partial charge >= 0.3 is 0 Å². The Morgan fingerprint density at radius 1 is 1.40 bits per heavy atom. The summed E-state index contributed by atoms with van der Waals surface area (Å²) in [5.41, 5.74) is 2.64.